The van der Waals surface area contributed by atoms with Crippen molar-refractivity contribution in [2.24, 2.45) is 10.8 Å². The number of methoxy groups -OCH3 is 1. The van der Waals surface area contributed by atoms with Gasteiger partial charge in [-0.15, -0.1) is 0 Å². The zero-order valence-corrected chi connectivity index (χ0v) is 33.1. The van der Waals surface area contributed by atoms with Crippen LogP contribution in [0.3, 0.4) is 0 Å². The van der Waals surface area contributed by atoms with E-state index >= 15 is 0 Å². The molecule has 13 heteroatoms. The number of hydrogen-bond donors (Lipinski definition) is 4. The van der Waals surface area contributed by atoms with Crippen LogP contribution in [0.15, 0.2) is 113 Å². The summed E-state index contributed by atoms with van der Waals surface area (Å²) in [6, 6.07) is 0. The number of fused-ring (bicyclic) bond motifs is 4. The zero-order chi connectivity index (χ0) is 41.3. The summed E-state index contributed by atoms with van der Waals surface area (Å²) >= 11 is 0. The first kappa shape index (κ1) is 45.5. The fourth-order valence-corrected chi connectivity index (χ4v) is 5.47. The van der Waals surface area contributed by atoms with Crippen LogP contribution in [0.2, 0.25) is 0 Å². The van der Waals surface area contributed by atoms with Gasteiger partial charge in [0.05, 0.1) is 24.7 Å². The molecule has 56 heavy (non-hydrogen) atoms. The summed E-state index contributed by atoms with van der Waals surface area (Å²) in [5, 5.41) is 42.9. The van der Waals surface area contributed by atoms with Crippen molar-refractivity contribution in [1.82, 2.24) is 9.97 Å². The second-order valence-electron chi connectivity index (χ2n) is 14.4. The van der Waals surface area contributed by atoms with Gasteiger partial charge >= 0.3 is 11.9 Å². The third-order valence-corrected chi connectivity index (χ3v) is 9.44. The molecule has 4 bridgehead atoms. The van der Waals surface area contributed by atoms with E-state index in [9.17, 15) is 30.0 Å². The highest BCUT2D eigenvalue weighted by Crippen LogP contribution is 2.33. The summed E-state index contributed by atoms with van der Waals surface area (Å²) in [6.45, 7) is 10.7. The topological polar surface area (TPSA) is 195 Å². The molecular formula is C43H56N2O11. The van der Waals surface area contributed by atoms with E-state index in [-0.39, 0.29) is 42.4 Å². The summed E-state index contributed by atoms with van der Waals surface area (Å²) in [5.41, 5.74) is -1.97. The molecule has 1 aliphatic rings. The van der Waals surface area contributed by atoms with Gasteiger partial charge in [-0.3, -0.25) is 0 Å². The van der Waals surface area contributed by atoms with Crippen LogP contribution in [0.25, 0.3) is 6.08 Å². The summed E-state index contributed by atoms with van der Waals surface area (Å²) in [7, 11) is 1.53. The Morgan fingerprint density at radius 3 is 1.88 bits per heavy atom. The Kier molecular flexibility index (Phi) is 17.8. The number of aromatic nitrogens is 2. The Balaban J connectivity index is 1.93. The van der Waals surface area contributed by atoms with E-state index in [4.69, 9.17) is 23.0 Å². The van der Waals surface area contributed by atoms with Crippen molar-refractivity contribution in [3.8, 4) is 0 Å². The zero-order valence-electron chi connectivity index (χ0n) is 33.1. The number of hydrogen-bond acceptors (Lipinski definition) is 13. The number of ether oxygens (including phenoxy) is 3. The van der Waals surface area contributed by atoms with E-state index in [0.29, 0.717) is 0 Å². The van der Waals surface area contributed by atoms with Crippen molar-refractivity contribution in [1.29, 1.82) is 0 Å². The smallest absolute Gasteiger partial charge is 0.360 e. The molecule has 2 aromatic rings. The predicted octanol–water partition coefficient (Wildman–Crippen LogP) is 6.21. The van der Waals surface area contributed by atoms with E-state index in [1.807, 2.05) is 6.08 Å². The van der Waals surface area contributed by atoms with Gasteiger partial charge in [0.15, 0.2) is 17.3 Å². The van der Waals surface area contributed by atoms with E-state index in [1.165, 1.54) is 50.0 Å². The van der Waals surface area contributed by atoms with E-state index in [2.05, 4.69) is 9.97 Å². The molecule has 5 unspecified atom stereocenters. The van der Waals surface area contributed by atoms with Crippen molar-refractivity contribution in [2.75, 3.05) is 7.11 Å². The number of rotatable bonds is 7. The minimum Gasteiger partial charge on any atom is -0.457 e. The van der Waals surface area contributed by atoms with E-state index in [1.54, 1.807) is 102 Å². The Morgan fingerprint density at radius 2 is 1.27 bits per heavy atom. The van der Waals surface area contributed by atoms with Crippen LogP contribution < -0.4 is 0 Å². The van der Waals surface area contributed by atoms with Crippen LogP contribution >= 0.6 is 0 Å². The lowest BCUT2D eigenvalue weighted by Crippen LogP contribution is -2.42. The SMILES string of the molecule is C/C=C/C(O)C(C)(C)C1C\C=C/C=C\C=C/C(OC)Cc2nc(co2)C(=O)OC(C(C)(C)C(O)/C=C/C)C/C=C/[C@@H](O)[C@H](O)/C=C\C=C\c2nc(co2)C(=O)O1. The average Bonchev–Trinajstić information content (AvgIpc) is 3.84. The van der Waals surface area contributed by atoms with Crippen LogP contribution in [0.1, 0.15) is 87.1 Å². The maximum atomic E-state index is 13.3. The highest BCUT2D eigenvalue weighted by Gasteiger charge is 2.39. The molecule has 0 spiro atoms. The lowest BCUT2D eigenvalue weighted by Gasteiger charge is -2.36. The van der Waals surface area contributed by atoms with Gasteiger partial charge in [-0.25, -0.2) is 19.6 Å². The quantitative estimate of drug-likeness (QED) is 0.183. The first-order valence-corrected chi connectivity index (χ1v) is 18.5. The maximum absolute atomic E-state index is 13.3. The molecular weight excluding hydrogens is 720 g/mol. The number of aliphatic hydroxyl groups is 4. The number of carbonyl (C=O) groups is 2. The van der Waals surface area contributed by atoms with Gasteiger partial charge in [0, 0.05) is 36.9 Å². The molecule has 7 atom stereocenters. The number of esters is 2. The van der Waals surface area contributed by atoms with Crippen LogP contribution in [0.4, 0.5) is 0 Å². The van der Waals surface area contributed by atoms with Crippen molar-refractivity contribution >= 4 is 18.0 Å². The minimum atomic E-state index is -1.32. The molecule has 4 N–H and O–H groups in total. The highest BCUT2D eigenvalue weighted by atomic mass is 16.6. The van der Waals surface area contributed by atoms with Crippen molar-refractivity contribution in [2.45, 2.75) is 104 Å². The second kappa shape index (κ2) is 22.0. The van der Waals surface area contributed by atoms with Gasteiger partial charge in [-0.2, -0.15) is 0 Å². The van der Waals surface area contributed by atoms with Gasteiger partial charge in [0.1, 0.15) is 36.9 Å². The third-order valence-electron chi connectivity index (χ3n) is 9.44. The molecule has 0 fully saturated rings. The maximum Gasteiger partial charge on any atom is 0.360 e. The van der Waals surface area contributed by atoms with Crippen molar-refractivity contribution in [3.05, 3.63) is 127 Å². The number of nitrogens with zero attached hydrogens (tertiary/aromatic N) is 2. The fourth-order valence-electron chi connectivity index (χ4n) is 5.47. The second-order valence-corrected chi connectivity index (χ2v) is 14.4. The van der Waals surface area contributed by atoms with Gasteiger partial charge in [-0.1, -0.05) is 119 Å². The van der Waals surface area contributed by atoms with Crippen molar-refractivity contribution in [3.63, 3.8) is 0 Å². The Labute approximate surface area is 328 Å². The van der Waals surface area contributed by atoms with Crippen LogP contribution in [-0.2, 0) is 20.6 Å². The first-order valence-electron chi connectivity index (χ1n) is 18.5. The lowest BCUT2D eigenvalue weighted by molar-refractivity contribution is -0.0462. The molecule has 2 aromatic heterocycles. The van der Waals surface area contributed by atoms with Gasteiger partial charge < -0.3 is 43.5 Å². The molecule has 13 nitrogen and oxygen atoms in total. The fraction of sp³-hybridized carbons (Fsp3) is 0.442. The predicted molar refractivity (Wildman–Crippen MR) is 211 cm³/mol. The van der Waals surface area contributed by atoms with Crippen LogP contribution in [-0.4, -0.2) is 92.2 Å². The number of oxazole rings is 2. The molecule has 0 radical (unpaired) electrons. The number of carbonyl (C=O) groups excluding carboxylic acids is 2. The number of cyclic esters (lactones) is 2. The average molecular weight is 777 g/mol. The molecule has 0 aliphatic carbocycles. The van der Waals surface area contributed by atoms with E-state index < -0.39 is 65.5 Å². The molecule has 0 saturated carbocycles. The minimum absolute atomic E-state index is 0.0613. The van der Waals surface area contributed by atoms with Crippen LogP contribution in [0.5, 0.6) is 0 Å². The molecule has 3 heterocycles. The Hall–Kier alpha value is -4.92. The molecule has 0 saturated heterocycles. The Bertz CT molecular complexity index is 1790. The van der Waals surface area contributed by atoms with E-state index in [0.717, 1.165) is 0 Å². The highest BCUT2D eigenvalue weighted by molar-refractivity contribution is 5.87. The molecule has 304 valence electrons. The summed E-state index contributed by atoms with van der Waals surface area (Å²) in [6.07, 6.45) is 22.5. The molecule has 0 aromatic carbocycles. The van der Waals surface area contributed by atoms with Gasteiger partial charge in [0.25, 0.3) is 0 Å². The Morgan fingerprint density at radius 1 is 0.732 bits per heavy atom. The lowest BCUT2D eigenvalue weighted by atomic mass is 9.79. The van der Waals surface area contributed by atoms with Gasteiger partial charge in [0.2, 0.25) is 5.89 Å². The first-order chi connectivity index (χ1) is 26.6. The summed E-state index contributed by atoms with van der Waals surface area (Å²) < 4.78 is 28.3. The summed E-state index contributed by atoms with van der Waals surface area (Å²) in [5.74, 6) is -1.15. The monoisotopic (exact) mass is 776 g/mol. The van der Waals surface area contributed by atoms with Crippen molar-refractivity contribution < 1.29 is 53.1 Å². The molecule has 1 aliphatic heterocycles. The molecule has 0 amide bonds. The largest absolute Gasteiger partial charge is 0.457 e. The summed E-state index contributed by atoms with van der Waals surface area (Å²) in [4.78, 5) is 35.0. The van der Waals surface area contributed by atoms with Crippen LogP contribution in [0, 0.1) is 10.8 Å². The van der Waals surface area contributed by atoms with Gasteiger partial charge in [-0.05, 0) is 13.8 Å². The number of allylic oxidation sites excluding steroid dienone is 8. The standard InChI is InChI=1S/C43H56N2O11/c1-8-18-34(48)42(3,4)36-23-14-12-10-11-13-20-29(52-7)26-39-45-31(28-54-39)41(51)56-37(43(5,6)35(49)19-9-2)24-17-22-33(47)32(46)21-15-16-25-38-44-30(27-53-38)40(50)55-36/h8-22,25,27-29,32-37,46-49H,23-24,26H2,1-7H3/b11-10-,14-12-,18-8+,19-9+,20-13-,21-15-,22-17+,25-16+/t29?,32-,33-,34?,35?,36?,37?/m1/s1. The number of aliphatic hydroxyl groups excluding tert-OH is 4. The third kappa shape index (κ3) is 13.4. The molecule has 3 rings (SSSR count). The normalized spacial score (nSPS) is 27.4.